The third-order valence-electron chi connectivity index (χ3n) is 7.75. The summed E-state index contributed by atoms with van der Waals surface area (Å²) in [7, 11) is 1.62. The highest BCUT2D eigenvalue weighted by molar-refractivity contribution is 6.09. The Bertz CT molecular complexity index is 1340. The molecule has 47 heavy (non-hydrogen) atoms. The van der Waals surface area contributed by atoms with Gasteiger partial charge in [0.25, 0.3) is 5.91 Å². The maximum atomic E-state index is 13.3. The van der Waals surface area contributed by atoms with Crippen molar-refractivity contribution in [2.75, 3.05) is 43.1 Å². The normalized spacial score (nSPS) is 20.5. The molecule has 0 aromatic heterocycles. The van der Waals surface area contributed by atoms with Gasteiger partial charge in [0.1, 0.15) is 24.8 Å². The van der Waals surface area contributed by atoms with Crippen molar-refractivity contribution in [2.24, 2.45) is 22.7 Å². The van der Waals surface area contributed by atoms with E-state index in [2.05, 4.69) is 26.5 Å². The molecule has 258 valence electrons. The van der Waals surface area contributed by atoms with Crippen molar-refractivity contribution in [1.82, 2.24) is 21.4 Å². The lowest BCUT2D eigenvalue weighted by Crippen LogP contribution is -2.52. The fraction of sp³-hybridized carbons (Fsp3) is 0.581. The van der Waals surface area contributed by atoms with E-state index in [0.717, 1.165) is 30.6 Å². The quantitative estimate of drug-likeness (QED) is 0.104. The number of nitrogens with two attached hydrogens (primary N) is 1. The highest BCUT2D eigenvalue weighted by Crippen LogP contribution is 2.32. The van der Waals surface area contributed by atoms with Gasteiger partial charge in [-0.3, -0.25) is 28.9 Å². The molecule has 1 aliphatic heterocycles. The van der Waals surface area contributed by atoms with E-state index in [1.165, 1.54) is 11.1 Å². The standard InChI is InChI=1S/C31H46N8O8/c1-31(2,3)47-27(43)13-21(15-35-37-30(46)34-14-19-9-11-20(12-10-19)28(44)33-4)36-25(41)17-39-24-8-6-5-7-23(24)38(26(42)18-40)16-22(32)29(39)45/h5-8,15,19-22,40H,9-14,16-18,32H2,1-4H3,(H,33,44)(H,36,41)(H2,34,37,46)/b35-15+/t19?,20?,21-,22-/m0/s1. The summed E-state index contributed by atoms with van der Waals surface area (Å²) in [6.07, 6.45) is 3.95. The van der Waals surface area contributed by atoms with Crippen LogP contribution < -0.4 is 36.9 Å². The Morgan fingerprint density at radius 3 is 2.38 bits per heavy atom. The highest BCUT2D eigenvalue weighted by atomic mass is 16.6. The van der Waals surface area contributed by atoms with Crippen LogP contribution in [0.3, 0.4) is 0 Å². The number of benzene rings is 1. The zero-order valence-corrected chi connectivity index (χ0v) is 27.3. The molecule has 2 atom stereocenters. The van der Waals surface area contributed by atoms with Crippen molar-refractivity contribution in [3.63, 3.8) is 0 Å². The number of urea groups is 1. The second kappa shape index (κ2) is 16.8. The molecule has 2 aliphatic rings. The number of para-hydroxylation sites is 2. The van der Waals surface area contributed by atoms with Gasteiger partial charge in [-0.05, 0) is 64.5 Å². The topological polar surface area (TPSA) is 225 Å². The summed E-state index contributed by atoms with van der Waals surface area (Å²) in [5, 5.41) is 21.4. The number of anilines is 2. The minimum absolute atomic E-state index is 0.0130. The van der Waals surface area contributed by atoms with Gasteiger partial charge in [-0.2, -0.15) is 5.10 Å². The van der Waals surface area contributed by atoms with Crippen LogP contribution in [0, 0.1) is 11.8 Å². The van der Waals surface area contributed by atoms with Crippen molar-refractivity contribution in [1.29, 1.82) is 0 Å². The van der Waals surface area contributed by atoms with Gasteiger partial charge < -0.3 is 36.4 Å². The molecular formula is C31H46N8O8. The third-order valence-corrected chi connectivity index (χ3v) is 7.75. The van der Waals surface area contributed by atoms with E-state index in [1.54, 1.807) is 52.1 Å². The number of hydrogen-bond acceptors (Lipinski definition) is 10. The molecule has 0 unspecified atom stereocenters. The number of amides is 6. The molecule has 3 rings (SSSR count). The maximum absolute atomic E-state index is 13.3. The molecule has 0 saturated heterocycles. The summed E-state index contributed by atoms with van der Waals surface area (Å²) < 4.78 is 5.39. The first kappa shape index (κ1) is 36.9. The first-order valence-corrected chi connectivity index (χ1v) is 15.6. The van der Waals surface area contributed by atoms with Gasteiger partial charge in [-0.1, -0.05) is 12.1 Å². The Kier molecular flexibility index (Phi) is 13.2. The molecule has 1 fully saturated rings. The van der Waals surface area contributed by atoms with E-state index in [4.69, 9.17) is 10.5 Å². The molecule has 1 aromatic carbocycles. The lowest BCUT2D eigenvalue weighted by atomic mass is 9.81. The minimum Gasteiger partial charge on any atom is -0.460 e. The molecular weight excluding hydrogens is 612 g/mol. The number of aliphatic hydroxyl groups is 1. The van der Waals surface area contributed by atoms with E-state index < -0.39 is 60.6 Å². The van der Waals surface area contributed by atoms with Gasteiger partial charge in [0.2, 0.25) is 17.7 Å². The Balaban J connectivity index is 1.66. The number of rotatable bonds is 11. The van der Waals surface area contributed by atoms with Gasteiger partial charge in [-0.15, -0.1) is 0 Å². The van der Waals surface area contributed by atoms with E-state index in [1.807, 2.05) is 0 Å². The van der Waals surface area contributed by atoms with Crippen LogP contribution in [0.15, 0.2) is 29.4 Å². The average molecular weight is 659 g/mol. The molecule has 16 nitrogen and oxygen atoms in total. The van der Waals surface area contributed by atoms with Crippen molar-refractivity contribution in [2.45, 2.75) is 70.6 Å². The summed E-state index contributed by atoms with van der Waals surface area (Å²) in [5.74, 6) is -2.37. The van der Waals surface area contributed by atoms with Crippen molar-refractivity contribution in [3.8, 4) is 0 Å². The van der Waals surface area contributed by atoms with Crippen LogP contribution in [0.5, 0.6) is 0 Å². The lowest BCUT2D eigenvalue weighted by Gasteiger charge is -2.27. The molecule has 0 spiro atoms. The van der Waals surface area contributed by atoms with E-state index in [-0.39, 0.29) is 36.4 Å². The van der Waals surface area contributed by atoms with Gasteiger partial charge in [-0.25, -0.2) is 10.2 Å². The molecule has 7 N–H and O–H groups in total. The highest BCUT2D eigenvalue weighted by Gasteiger charge is 2.35. The maximum Gasteiger partial charge on any atom is 0.335 e. The Morgan fingerprint density at radius 2 is 1.77 bits per heavy atom. The summed E-state index contributed by atoms with van der Waals surface area (Å²) >= 11 is 0. The lowest BCUT2D eigenvalue weighted by molar-refractivity contribution is -0.155. The minimum atomic E-state index is -1.18. The molecule has 1 aromatic rings. The van der Waals surface area contributed by atoms with Crippen LogP contribution in [0.25, 0.3) is 0 Å². The number of aliphatic hydroxyl groups excluding tert-OH is 1. The fourth-order valence-electron chi connectivity index (χ4n) is 5.49. The molecule has 16 heteroatoms. The number of fused-ring (bicyclic) bond motifs is 1. The molecule has 6 amide bonds. The Labute approximate surface area is 273 Å². The second-order valence-corrected chi connectivity index (χ2v) is 12.6. The van der Waals surface area contributed by atoms with Crippen LogP contribution in [0.4, 0.5) is 16.2 Å². The second-order valence-electron chi connectivity index (χ2n) is 12.6. The molecule has 0 radical (unpaired) electrons. The van der Waals surface area contributed by atoms with Crippen LogP contribution >= 0.6 is 0 Å². The molecule has 1 heterocycles. The number of nitrogens with zero attached hydrogens (tertiary/aromatic N) is 3. The summed E-state index contributed by atoms with van der Waals surface area (Å²) in [6.45, 7) is 3.97. The van der Waals surface area contributed by atoms with E-state index in [0.29, 0.717) is 12.2 Å². The largest absolute Gasteiger partial charge is 0.460 e. The monoisotopic (exact) mass is 658 g/mol. The smallest absolute Gasteiger partial charge is 0.335 e. The third kappa shape index (κ3) is 11.0. The van der Waals surface area contributed by atoms with E-state index >= 15 is 0 Å². The number of nitrogens with one attached hydrogen (secondary N) is 4. The molecule has 1 aliphatic carbocycles. The van der Waals surface area contributed by atoms with Crippen LogP contribution in [-0.4, -0.2) is 97.9 Å². The number of carbonyl (C=O) groups is 6. The first-order chi connectivity index (χ1) is 22.2. The zero-order valence-electron chi connectivity index (χ0n) is 27.3. The van der Waals surface area contributed by atoms with Crippen LogP contribution in [-0.2, 0) is 28.7 Å². The SMILES string of the molecule is CNC(=O)C1CCC(CNC(=O)N/N=C/[C@H](CC(=O)OC(C)(C)C)NC(=O)CN2C(=O)[C@@H](N)CN(C(=O)CO)c3ccccc32)CC1. The van der Waals surface area contributed by atoms with E-state index in [9.17, 15) is 33.9 Å². The fourth-order valence-corrected chi connectivity index (χ4v) is 5.49. The molecule has 0 bridgehead atoms. The zero-order chi connectivity index (χ0) is 34.7. The summed E-state index contributed by atoms with van der Waals surface area (Å²) in [4.78, 5) is 78.2. The van der Waals surface area contributed by atoms with Crippen molar-refractivity contribution >= 4 is 53.2 Å². The summed E-state index contributed by atoms with van der Waals surface area (Å²) in [6, 6.07) is 3.59. The number of ether oxygens (including phenoxy) is 1. The Hall–Kier alpha value is -4.57. The first-order valence-electron chi connectivity index (χ1n) is 15.6. The van der Waals surface area contributed by atoms with Gasteiger partial charge in [0, 0.05) is 25.7 Å². The van der Waals surface area contributed by atoms with Crippen molar-refractivity contribution in [3.05, 3.63) is 24.3 Å². The number of hydrogen-bond donors (Lipinski definition) is 6. The van der Waals surface area contributed by atoms with Crippen molar-refractivity contribution < 1.29 is 38.6 Å². The van der Waals surface area contributed by atoms with Gasteiger partial charge >= 0.3 is 12.0 Å². The molecule has 1 saturated carbocycles. The summed E-state index contributed by atoms with van der Waals surface area (Å²) in [5.41, 5.74) is 8.15. The van der Waals surface area contributed by atoms with Crippen LogP contribution in [0.2, 0.25) is 0 Å². The average Bonchev–Trinajstić information content (AvgIpc) is 3.12. The van der Waals surface area contributed by atoms with Crippen LogP contribution in [0.1, 0.15) is 52.9 Å². The predicted molar refractivity (Wildman–Crippen MR) is 173 cm³/mol. The van der Waals surface area contributed by atoms with Gasteiger partial charge in [0.15, 0.2) is 0 Å². The number of esters is 1. The number of carbonyl (C=O) groups excluding carboxylic acids is 6. The van der Waals surface area contributed by atoms with Gasteiger partial charge in [0.05, 0.1) is 30.4 Å². The predicted octanol–water partition coefficient (Wildman–Crippen LogP) is -0.260. The number of hydrazone groups is 1. The Morgan fingerprint density at radius 1 is 1.11 bits per heavy atom.